The fourth-order valence-corrected chi connectivity index (χ4v) is 10.8. The summed E-state index contributed by atoms with van der Waals surface area (Å²) in [5.41, 5.74) is 6.19. The normalized spacial score (nSPS) is 19.2. The third-order valence-corrected chi connectivity index (χ3v) is 14.0. The first kappa shape index (κ1) is 46.7. The number of nitro benzene ring substituents is 2. The van der Waals surface area contributed by atoms with E-state index in [2.05, 4.69) is 61.8 Å². The highest BCUT2D eigenvalue weighted by Crippen LogP contribution is 2.63. The minimum Gasteiger partial charge on any atom is -0.496 e. The quantitative estimate of drug-likeness (QED) is 0.117. The Kier molecular flexibility index (Phi) is 12.0. The van der Waals surface area contributed by atoms with Gasteiger partial charge < -0.3 is 18.9 Å². The summed E-state index contributed by atoms with van der Waals surface area (Å²) in [6.07, 6.45) is 3.97. The van der Waals surface area contributed by atoms with Crippen LogP contribution in [0, 0.1) is 20.2 Å². The lowest BCUT2D eigenvalue weighted by atomic mass is 9.73. The van der Waals surface area contributed by atoms with Gasteiger partial charge in [0.1, 0.15) is 11.5 Å². The molecule has 0 fully saturated rings. The summed E-state index contributed by atoms with van der Waals surface area (Å²) in [6.45, 7) is 12.6. The highest BCUT2D eigenvalue weighted by molar-refractivity contribution is 5.84. The molecule has 2 atom stereocenters. The van der Waals surface area contributed by atoms with Crippen molar-refractivity contribution in [3.05, 3.63) is 223 Å². The maximum absolute atomic E-state index is 12.0. The van der Waals surface area contributed by atoms with Gasteiger partial charge in [-0.05, 0) is 124 Å². The minimum absolute atomic E-state index is 0.109. The average molecular weight is 935 g/mol. The molecule has 0 amide bonds. The molecular weight excluding hydrogens is 881 g/mol. The van der Waals surface area contributed by atoms with Crippen LogP contribution >= 0.6 is 0 Å². The standard InChI is InChI=1S/2C26H24N2O4.C6H6/c2*1-17-14-18-15-20(31-4)16-23(28(29)30)24(18)32-26(17)25(2,3)21-12-8-9-13-22(21)27(26)19-10-6-5-7-11-19;1-2-4-6-5-3-1/h2*5-16H,1-4H3;1-6H/t2*26-;/m10./s1. The van der Waals surface area contributed by atoms with E-state index < -0.39 is 32.1 Å². The fraction of sp³-hybridized carbons (Fsp3) is 0.207. The molecule has 70 heavy (non-hydrogen) atoms. The molecule has 11 rings (SSSR count). The molecule has 4 aliphatic rings. The molecule has 12 heteroatoms. The number of hydrogen-bond donors (Lipinski definition) is 0. The van der Waals surface area contributed by atoms with Crippen molar-refractivity contribution in [2.24, 2.45) is 0 Å². The van der Waals surface area contributed by atoms with Gasteiger partial charge in [-0.25, -0.2) is 0 Å². The molecule has 0 bridgehead atoms. The Morgan fingerprint density at radius 3 is 1.11 bits per heavy atom. The molecule has 0 aromatic heterocycles. The van der Waals surface area contributed by atoms with E-state index >= 15 is 0 Å². The van der Waals surface area contributed by atoms with E-state index in [1.165, 1.54) is 26.4 Å². The van der Waals surface area contributed by atoms with Gasteiger partial charge in [-0.3, -0.25) is 30.0 Å². The Morgan fingerprint density at radius 1 is 0.471 bits per heavy atom. The van der Waals surface area contributed by atoms with Crippen LogP contribution in [-0.4, -0.2) is 35.5 Å². The molecule has 7 aromatic rings. The van der Waals surface area contributed by atoms with Gasteiger partial charge in [0.25, 0.3) is 0 Å². The number of rotatable bonds is 6. The van der Waals surface area contributed by atoms with E-state index in [4.69, 9.17) is 18.9 Å². The zero-order valence-corrected chi connectivity index (χ0v) is 40.4. The van der Waals surface area contributed by atoms with Crippen LogP contribution in [-0.2, 0) is 10.8 Å². The van der Waals surface area contributed by atoms with Gasteiger partial charge in [0.2, 0.25) is 22.9 Å². The number of ether oxygens (including phenoxy) is 4. The van der Waals surface area contributed by atoms with E-state index in [0.717, 1.165) is 45.0 Å². The van der Waals surface area contributed by atoms with Crippen molar-refractivity contribution < 1.29 is 28.8 Å². The Hall–Kier alpha value is -8.38. The lowest BCUT2D eigenvalue weighted by Gasteiger charge is -2.49. The van der Waals surface area contributed by atoms with Crippen LogP contribution in [0.15, 0.2) is 181 Å². The summed E-state index contributed by atoms with van der Waals surface area (Å²) >= 11 is 0. The molecule has 0 aliphatic carbocycles. The first-order chi connectivity index (χ1) is 33.6. The summed E-state index contributed by atoms with van der Waals surface area (Å²) in [5.74, 6) is 1.35. The predicted octanol–water partition coefficient (Wildman–Crippen LogP) is 14.1. The maximum Gasteiger partial charge on any atom is 0.315 e. The van der Waals surface area contributed by atoms with Crippen LogP contribution in [0.5, 0.6) is 23.0 Å². The zero-order valence-electron chi connectivity index (χ0n) is 40.4. The average Bonchev–Trinajstić information content (AvgIpc) is 3.70. The Bertz CT molecular complexity index is 2970. The number of nitro groups is 2. The van der Waals surface area contributed by atoms with Crippen molar-refractivity contribution in [2.45, 2.75) is 63.8 Å². The van der Waals surface area contributed by atoms with Gasteiger partial charge in [0.15, 0.2) is 0 Å². The van der Waals surface area contributed by atoms with Gasteiger partial charge in [-0.2, -0.15) is 0 Å². The molecule has 0 saturated carbocycles. The molecule has 4 aliphatic heterocycles. The topological polar surface area (TPSA) is 130 Å². The van der Waals surface area contributed by atoms with Crippen molar-refractivity contribution in [1.29, 1.82) is 0 Å². The number of nitrogens with zero attached hydrogens (tertiary/aromatic N) is 4. The summed E-state index contributed by atoms with van der Waals surface area (Å²) in [4.78, 5) is 27.5. The lowest BCUT2D eigenvalue weighted by Crippen LogP contribution is -2.60. The van der Waals surface area contributed by atoms with Crippen LogP contribution in [0.2, 0.25) is 0 Å². The monoisotopic (exact) mass is 934 g/mol. The summed E-state index contributed by atoms with van der Waals surface area (Å²) in [7, 11) is 3.00. The minimum atomic E-state index is -0.982. The molecule has 0 N–H and O–H groups in total. The Balaban J connectivity index is 0.000000155. The van der Waals surface area contributed by atoms with Crippen LogP contribution in [0.1, 0.15) is 63.8 Å². The van der Waals surface area contributed by atoms with E-state index in [0.29, 0.717) is 22.6 Å². The molecule has 354 valence electrons. The summed E-state index contributed by atoms with van der Waals surface area (Å²) in [5, 5.41) is 24.0. The fourth-order valence-electron chi connectivity index (χ4n) is 10.8. The SMILES string of the molecule is COc1cc2c(c([N+](=O)[O-])c1)O[C@@]1(C(C)=C2)N(c2ccccc2)c2ccccc2C1(C)C.COc1cc2c(c([N+](=O)[O-])c1)O[C@]1(C(C)=C2)N(c2ccccc2)c2ccccc2C1(C)C.c1ccccc1. The molecule has 2 spiro atoms. The van der Waals surface area contributed by atoms with E-state index in [9.17, 15) is 20.2 Å². The van der Waals surface area contributed by atoms with E-state index in [1.807, 2.05) is 147 Å². The maximum atomic E-state index is 12.0. The van der Waals surface area contributed by atoms with Crippen LogP contribution in [0.25, 0.3) is 12.2 Å². The third-order valence-electron chi connectivity index (χ3n) is 14.0. The predicted molar refractivity (Wildman–Crippen MR) is 276 cm³/mol. The molecule has 0 saturated heterocycles. The second kappa shape index (κ2) is 17.9. The van der Waals surface area contributed by atoms with Gasteiger partial charge in [-0.15, -0.1) is 0 Å². The van der Waals surface area contributed by atoms with Crippen molar-refractivity contribution in [3.8, 4) is 23.0 Å². The van der Waals surface area contributed by atoms with Gasteiger partial charge >= 0.3 is 11.4 Å². The van der Waals surface area contributed by atoms with Crippen LogP contribution in [0.4, 0.5) is 34.1 Å². The summed E-state index contributed by atoms with van der Waals surface area (Å²) in [6, 6.07) is 54.8. The van der Waals surface area contributed by atoms with Crippen molar-refractivity contribution in [3.63, 3.8) is 0 Å². The summed E-state index contributed by atoms with van der Waals surface area (Å²) < 4.78 is 24.2. The van der Waals surface area contributed by atoms with Crippen molar-refractivity contribution in [2.75, 3.05) is 24.0 Å². The molecular formula is C58H54N4O8. The highest BCUT2D eigenvalue weighted by Gasteiger charge is 2.64. The van der Waals surface area contributed by atoms with E-state index in [-0.39, 0.29) is 22.9 Å². The zero-order chi connectivity index (χ0) is 49.6. The number of benzene rings is 7. The van der Waals surface area contributed by atoms with Crippen LogP contribution in [0.3, 0.4) is 0 Å². The number of para-hydroxylation sites is 4. The van der Waals surface area contributed by atoms with E-state index in [1.54, 1.807) is 12.1 Å². The van der Waals surface area contributed by atoms with Gasteiger partial charge in [0.05, 0.1) is 47.0 Å². The highest BCUT2D eigenvalue weighted by atomic mass is 16.6. The molecule has 0 radical (unpaired) electrons. The smallest absolute Gasteiger partial charge is 0.315 e. The first-order valence-corrected chi connectivity index (χ1v) is 23.0. The third kappa shape index (κ3) is 7.29. The van der Waals surface area contributed by atoms with Crippen molar-refractivity contribution >= 4 is 46.3 Å². The van der Waals surface area contributed by atoms with Crippen molar-refractivity contribution in [1.82, 2.24) is 0 Å². The van der Waals surface area contributed by atoms with Crippen LogP contribution < -0.4 is 28.7 Å². The number of fused-ring (bicyclic) bond motifs is 4. The lowest BCUT2D eigenvalue weighted by molar-refractivity contribution is -0.386. The molecule has 12 nitrogen and oxygen atoms in total. The number of anilines is 4. The second-order valence-corrected chi connectivity index (χ2v) is 18.6. The largest absolute Gasteiger partial charge is 0.496 e. The first-order valence-electron chi connectivity index (χ1n) is 23.0. The molecule has 4 heterocycles. The van der Waals surface area contributed by atoms with Gasteiger partial charge in [-0.1, -0.05) is 109 Å². The number of hydrogen-bond acceptors (Lipinski definition) is 10. The number of methoxy groups -OCH3 is 2. The molecule has 7 aromatic carbocycles. The van der Waals surface area contributed by atoms with Gasteiger partial charge in [0, 0.05) is 33.9 Å². The second-order valence-electron chi connectivity index (χ2n) is 18.6. The molecule has 0 unspecified atom stereocenters. The Labute approximate surface area is 408 Å². The Morgan fingerprint density at radius 2 is 0.786 bits per heavy atom.